The van der Waals surface area contributed by atoms with E-state index in [1.165, 1.54) is 25.3 Å². The van der Waals surface area contributed by atoms with Gasteiger partial charge in [-0.3, -0.25) is 14.9 Å². The van der Waals surface area contributed by atoms with E-state index in [4.69, 9.17) is 0 Å². The SMILES string of the molecule is COC(=O)c1cccc(C(=O)N2CCN(c3cccc([N+](=O)[O-])c3)CC2)c1. The normalized spacial score (nSPS) is 14.0. The maximum absolute atomic E-state index is 12.7. The van der Waals surface area contributed by atoms with E-state index in [9.17, 15) is 19.7 Å². The van der Waals surface area contributed by atoms with Crippen molar-refractivity contribution in [3.8, 4) is 0 Å². The summed E-state index contributed by atoms with van der Waals surface area (Å²) in [4.78, 5) is 38.6. The summed E-state index contributed by atoms with van der Waals surface area (Å²) in [6.07, 6.45) is 0. The Morgan fingerprint density at radius 2 is 1.67 bits per heavy atom. The van der Waals surface area contributed by atoms with Gasteiger partial charge in [0, 0.05) is 49.6 Å². The van der Waals surface area contributed by atoms with Crippen LogP contribution in [0, 0.1) is 10.1 Å². The van der Waals surface area contributed by atoms with Gasteiger partial charge in [-0.05, 0) is 24.3 Å². The van der Waals surface area contributed by atoms with Gasteiger partial charge in [0.15, 0.2) is 0 Å². The minimum absolute atomic E-state index is 0.0469. The predicted octanol–water partition coefficient (Wildman–Crippen LogP) is 2.34. The molecule has 140 valence electrons. The summed E-state index contributed by atoms with van der Waals surface area (Å²) in [5.74, 6) is -0.639. The summed E-state index contributed by atoms with van der Waals surface area (Å²) in [6, 6.07) is 12.9. The van der Waals surface area contributed by atoms with Crippen molar-refractivity contribution < 1.29 is 19.2 Å². The van der Waals surface area contributed by atoms with E-state index in [-0.39, 0.29) is 11.6 Å². The third kappa shape index (κ3) is 4.05. The highest BCUT2D eigenvalue weighted by molar-refractivity contribution is 5.98. The van der Waals surface area contributed by atoms with E-state index in [2.05, 4.69) is 4.74 Å². The van der Waals surface area contributed by atoms with Gasteiger partial charge in [-0.15, -0.1) is 0 Å². The molecule has 27 heavy (non-hydrogen) atoms. The van der Waals surface area contributed by atoms with Crippen LogP contribution in [0.25, 0.3) is 0 Å². The van der Waals surface area contributed by atoms with Crippen LogP contribution in [0.2, 0.25) is 0 Å². The van der Waals surface area contributed by atoms with Crippen LogP contribution in [0.3, 0.4) is 0 Å². The Balaban J connectivity index is 1.67. The average Bonchev–Trinajstić information content (AvgIpc) is 2.73. The lowest BCUT2D eigenvalue weighted by Crippen LogP contribution is -2.48. The highest BCUT2D eigenvalue weighted by atomic mass is 16.6. The van der Waals surface area contributed by atoms with Crippen molar-refractivity contribution in [2.75, 3.05) is 38.2 Å². The number of hydrogen-bond donors (Lipinski definition) is 0. The Morgan fingerprint density at radius 3 is 2.33 bits per heavy atom. The van der Waals surface area contributed by atoms with Gasteiger partial charge >= 0.3 is 5.97 Å². The molecular formula is C19H19N3O5. The molecule has 0 saturated carbocycles. The summed E-state index contributed by atoms with van der Waals surface area (Å²) in [5.41, 5.74) is 1.58. The first-order valence-corrected chi connectivity index (χ1v) is 8.46. The second kappa shape index (κ2) is 7.86. The zero-order valence-electron chi connectivity index (χ0n) is 14.8. The number of anilines is 1. The first kappa shape index (κ1) is 18.4. The van der Waals surface area contributed by atoms with Crippen LogP contribution in [-0.2, 0) is 4.74 Å². The Hall–Kier alpha value is -3.42. The molecule has 0 aliphatic carbocycles. The number of hydrogen-bond acceptors (Lipinski definition) is 6. The summed E-state index contributed by atoms with van der Waals surface area (Å²) in [5, 5.41) is 10.9. The first-order chi connectivity index (χ1) is 13.0. The Kier molecular flexibility index (Phi) is 5.35. The topological polar surface area (TPSA) is 93.0 Å². The van der Waals surface area contributed by atoms with Crippen LogP contribution in [0.15, 0.2) is 48.5 Å². The molecular weight excluding hydrogens is 350 g/mol. The fraction of sp³-hybridized carbons (Fsp3) is 0.263. The number of benzene rings is 2. The average molecular weight is 369 g/mol. The molecule has 0 spiro atoms. The van der Waals surface area contributed by atoms with Crippen LogP contribution < -0.4 is 4.90 Å². The number of nitro groups is 1. The van der Waals surface area contributed by atoms with Crippen molar-refractivity contribution in [3.05, 3.63) is 69.8 Å². The molecule has 1 heterocycles. The maximum Gasteiger partial charge on any atom is 0.337 e. The molecule has 1 fully saturated rings. The zero-order chi connectivity index (χ0) is 19.4. The van der Waals surface area contributed by atoms with Crippen molar-refractivity contribution in [2.45, 2.75) is 0 Å². The molecule has 1 aliphatic heterocycles. The van der Waals surface area contributed by atoms with E-state index in [0.717, 1.165) is 5.69 Å². The van der Waals surface area contributed by atoms with Crippen molar-refractivity contribution in [1.82, 2.24) is 4.90 Å². The number of piperazine rings is 1. The quantitative estimate of drug-likeness (QED) is 0.467. The lowest BCUT2D eigenvalue weighted by atomic mass is 10.1. The second-order valence-corrected chi connectivity index (χ2v) is 6.13. The summed E-state index contributed by atoms with van der Waals surface area (Å²) >= 11 is 0. The molecule has 1 aliphatic rings. The Morgan fingerprint density at radius 1 is 1.00 bits per heavy atom. The number of carbonyl (C=O) groups excluding carboxylic acids is 2. The Bertz CT molecular complexity index is 875. The third-order valence-corrected chi connectivity index (χ3v) is 4.50. The van der Waals surface area contributed by atoms with Crippen molar-refractivity contribution in [3.63, 3.8) is 0 Å². The van der Waals surface area contributed by atoms with Gasteiger partial charge in [-0.25, -0.2) is 4.79 Å². The monoisotopic (exact) mass is 369 g/mol. The smallest absolute Gasteiger partial charge is 0.337 e. The molecule has 0 aromatic heterocycles. The summed E-state index contributed by atoms with van der Waals surface area (Å²) < 4.78 is 4.69. The number of nitro benzene ring substituents is 1. The number of carbonyl (C=O) groups is 2. The minimum atomic E-state index is -0.486. The number of esters is 1. The van der Waals surface area contributed by atoms with Crippen LogP contribution >= 0.6 is 0 Å². The number of nitrogens with zero attached hydrogens (tertiary/aromatic N) is 3. The van der Waals surface area contributed by atoms with Gasteiger partial charge < -0.3 is 14.5 Å². The molecule has 0 unspecified atom stereocenters. The fourth-order valence-electron chi connectivity index (χ4n) is 3.05. The van der Waals surface area contributed by atoms with Gasteiger partial charge in [-0.1, -0.05) is 12.1 Å². The van der Waals surface area contributed by atoms with Crippen LogP contribution in [0.1, 0.15) is 20.7 Å². The van der Waals surface area contributed by atoms with Gasteiger partial charge in [0.05, 0.1) is 17.6 Å². The maximum atomic E-state index is 12.7. The Labute approximate surface area is 156 Å². The highest BCUT2D eigenvalue weighted by Crippen LogP contribution is 2.22. The number of amides is 1. The lowest BCUT2D eigenvalue weighted by Gasteiger charge is -2.36. The number of ether oxygens (including phenoxy) is 1. The molecule has 2 aromatic rings. The van der Waals surface area contributed by atoms with Crippen molar-refractivity contribution in [2.24, 2.45) is 0 Å². The van der Waals surface area contributed by atoms with Gasteiger partial charge in [0.25, 0.3) is 11.6 Å². The van der Waals surface area contributed by atoms with E-state index in [1.807, 2.05) is 11.0 Å². The fourth-order valence-corrected chi connectivity index (χ4v) is 3.05. The molecule has 0 N–H and O–H groups in total. The van der Waals surface area contributed by atoms with E-state index < -0.39 is 10.9 Å². The molecule has 8 heteroatoms. The standard InChI is InChI=1S/C19H19N3O5/c1-27-19(24)15-5-2-4-14(12-15)18(23)21-10-8-20(9-11-21)16-6-3-7-17(13-16)22(25)26/h2-7,12-13H,8-11H2,1H3. The van der Waals surface area contributed by atoms with E-state index in [1.54, 1.807) is 29.2 Å². The molecule has 3 rings (SSSR count). The largest absolute Gasteiger partial charge is 0.465 e. The third-order valence-electron chi connectivity index (χ3n) is 4.50. The number of methoxy groups -OCH3 is 1. The number of rotatable bonds is 4. The van der Waals surface area contributed by atoms with Crippen LogP contribution in [-0.4, -0.2) is 55.0 Å². The lowest BCUT2D eigenvalue weighted by molar-refractivity contribution is -0.384. The van der Waals surface area contributed by atoms with Crippen LogP contribution in [0.4, 0.5) is 11.4 Å². The second-order valence-electron chi connectivity index (χ2n) is 6.13. The number of non-ortho nitro benzene ring substituents is 1. The predicted molar refractivity (Wildman–Crippen MR) is 99.0 cm³/mol. The zero-order valence-corrected chi connectivity index (χ0v) is 14.8. The molecule has 1 saturated heterocycles. The molecule has 2 aromatic carbocycles. The van der Waals surface area contributed by atoms with Gasteiger partial charge in [-0.2, -0.15) is 0 Å². The molecule has 1 amide bonds. The van der Waals surface area contributed by atoms with Gasteiger partial charge in [0.2, 0.25) is 0 Å². The summed E-state index contributed by atoms with van der Waals surface area (Å²) in [6.45, 7) is 2.13. The highest BCUT2D eigenvalue weighted by Gasteiger charge is 2.23. The first-order valence-electron chi connectivity index (χ1n) is 8.46. The van der Waals surface area contributed by atoms with Crippen molar-refractivity contribution >= 4 is 23.3 Å². The molecule has 0 atom stereocenters. The van der Waals surface area contributed by atoms with Crippen molar-refractivity contribution in [1.29, 1.82) is 0 Å². The molecule has 8 nitrogen and oxygen atoms in total. The molecule has 0 radical (unpaired) electrons. The molecule has 0 bridgehead atoms. The van der Waals surface area contributed by atoms with Crippen LogP contribution in [0.5, 0.6) is 0 Å². The van der Waals surface area contributed by atoms with E-state index >= 15 is 0 Å². The van der Waals surface area contributed by atoms with Gasteiger partial charge in [0.1, 0.15) is 0 Å². The summed E-state index contributed by atoms with van der Waals surface area (Å²) in [7, 11) is 1.30. The van der Waals surface area contributed by atoms with E-state index in [0.29, 0.717) is 37.3 Å². The minimum Gasteiger partial charge on any atom is -0.465 e.